The maximum absolute atomic E-state index is 8.91. The van der Waals surface area contributed by atoms with Crippen LogP contribution in [0.2, 0.25) is 0 Å². The standard InChI is InChI=1S/C70H104O4Si2/c1-17-63(18-2)47-67(25-9,26-10)57-53(63)43-54-58(68(27-11,28-12)48-64(54,19-3)20-4)61(57)75(71-45-51-39-35-33-36-40-51)73-76(74-75,72-46-52-41-37-34-38-42-52)62-59-55(65(21-5,22-6)49-69(59,29-13)30-14)44-56-60(62)70(31-15,32-16)50-66(56,23-7)24-8/h33-44H,17-32,45-50H2,1-16H3. The van der Waals surface area contributed by atoms with E-state index in [9.17, 15) is 0 Å². The molecule has 0 unspecified atom stereocenters. The van der Waals surface area contributed by atoms with Crippen molar-refractivity contribution in [3.8, 4) is 0 Å². The van der Waals surface area contributed by atoms with Crippen LogP contribution in [0.5, 0.6) is 0 Å². The molecule has 1 aliphatic heterocycles. The molecule has 1 saturated heterocycles. The van der Waals surface area contributed by atoms with E-state index in [1.807, 2.05) is 0 Å². The van der Waals surface area contributed by atoms with Gasteiger partial charge in [0.1, 0.15) is 0 Å². The third-order valence-electron chi connectivity index (χ3n) is 24.3. The molecule has 6 heteroatoms. The van der Waals surface area contributed by atoms with Crippen LogP contribution in [-0.4, -0.2) is 17.6 Å². The summed E-state index contributed by atoms with van der Waals surface area (Å²) in [6.07, 6.45) is 22.2. The average Bonchev–Trinajstić information content (AvgIpc) is 4.15. The van der Waals surface area contributed by atoms with E-state index in [0.29, 0.717) is 13.2 Å². The lowest BCUT2D eigenvalue weighted by atomic mass is 9.70. The van der Waals surface area contributed by atoms with Gasteiger partial charge in [0, 0.05) is 10.4 Å². The van der Waals surface area contributed by atoms with Gasteiger partial charge in [-0.05, 0) is 227 Å². The fourth-order valence-corrected chi connectivity index (χ4v) is 27.7. The Kier molecular flexibility index (Phi) is 16.2. The van der Waals surface area contributed by atoms with E-state index >= 15 is 0 Å². The van der Waals surface area contributed by atoms with E-state index in [1.165, 1.54) is 10.4 Å². The van der Waals surface area contributed by atoms with Gasteiger partial charge in [-0.2, -0.15) is 0 Å². The van der Waals surface area contributed by atoms with Crippen LogP contribution in [-0.2, 0) is 73.6 Å². The maximum Gasteiger partial charge on any atom is 0.523 e. The van der Waals surface area contributed by atoms with Crippen molar-refractivity contribution >= 4 is 28.0 Å². The second-order valence-electron chi connectivity index (χ2n) is 25.7. The molecule has 0 amide bonds. The summed E-state index contributed by atoms with van der Waals surface area (Å²) in [5.41, 5.74) is 15.0. The molecule has 0 bridgehead atoms. The zero-order valence-corrected chi connectivity index (χ0v) is 53.1. The van der Waals surface area contributed by atoms with Crippen molar-refractivity contribution < 1.29 is 17.1 Å². The van der Waals surface area contributed by atoms with Gasteiger partial charge in [0.15, 0.2) is 0 Å². The van der Waals surface area contributed by atoms with Gasteiger partial charge in [-0.1, -0.05) is 184 Å². The minimum absolute atomic E-state index is 0.0474. The summed E-state index contributed by atoms with van der Waals surface area (Å²) in [5, 5.41) is 2.77. The molecule has 1 fully saturated rings. The maximum atomic E-state index is 8.91. The topological polar surface area (TPSA) is 36.9 Å². The summed E-state index contributed by atoms with van der Waals surface area (Å²) in [5.74, 6) is 0. The van der Waals surface area contributed by atoms with Gasteiger partial charge >= 0.3 is 17.6 Å². The molecule has 0 spiro atoms. The van der Waals surface area contributed by atoms with Crippen molar-refractivity contribution in [3.05, 3.63) is 128 Å². The molecule has 9 rings (SSSR count). The lowest BCUT2D eigenvalue weighted by molar-refractivity contribution is 0.0240. The first kappa shape index (κ1) is 57.8. The Hall–Kier alpha value is -2.85. The van der Waals surface area contributed by atoms with Crippen LogP contribution in [0, 0.1) is 0 Å². The van der Waals surface area contributed by atoms with Gasteiger partial charge in [-0.15, -0.1) is 0 Å². The van der Waals surface area contributed by atoms with Crippen LogP contribution >= 0.6 is 0 Å². The highest BCUT2D eigenvalue weighted by atomic mass is 28.5. The van der Waals surface area contributed by atoms with Gasteiger partial charge in [0.05, 0.1) is 13.2 Å². The SMILES string of the molecule is CCC1(CC)CC(CC)(CC)c2c1cc1c(c2[Si]2(OCc3ccccc3)O[Si](OCc3ccccc3)(c3c4c(cc5c3C(CC)(CC)CC5(CC)CC)C(CC)(CC)CC4(CC)CC)O2)C(CC)(CC)CC1(CC)CC. The molecule has 0 saturated carbocycles. The van der Waals surface area contributed by atoms with Gasteiger partial charge in [0.2, 0.25) is 0 Å². The largest absolute Gasteiger partial charge is 0.523 e. The lowest BCUT2D eigenvalue weighted by Gasteiger charge is -2.54. The van der Waals surface area contributed by atoms with Crippen LogP contribution in [0.4, 0.5) is 0 Å². The monoisotopic (exact) mass is 1060 g/mol. The van der Waals surface area contributed by atoms with Crippen molar-refractivity contribution in [3.63, 3.8) is 0 Å². The highest BCUT2D eigenvalue weighted by molar-refractivity contribution is 7.01. The summed E-state index contributed by atoms with van der Waals surface area (Å²) < 4.78 is 34.1. The third kappa shape index (κ3) is 8.01. The van der Waals surface area contributed by atoms with Crippen molar-refractivity contribution in [2.24, 2.45) is 0 Å². The van der Waals surface area contributed by atoms with Gasteiger partial charge in [-0.25, -0.2) is 0 Å². The van der Waals surface area contributed by atoms with E-state index in [0.717, 1.165) is 140 Å². The summed E-state index contributed by atoms with van der Waals surface area (Å²) in [6.45, 7) is 40.7. The lowest BCUT2D eigenvalue weighted by Crippen LogP contribution is -2.84. The molecule has 1 heterocycles. The molecule has 4 aromatic rings. The minimum Gasteiger partial charge on any atom is -0.366 e. The molecule has 5 aliphatic rings. The smallest absolute Gasteiger partial charge is 0.366 e. The summed E-state index contributed by atoms with van der Waals surface area (Å²) in [4.78, 5) is 0. The van der Waals surface area contributed by atoms with Crippen LogP contribution in [0.15, 0.2) is 72.8 Å². The Labute approximate surface area is 466 Å². The number of hydrogen-bond acceptors (Lipinski definition) is 4. The number of fused-ring (bicyclic) bond motifs is 4. The summed E-state index contributed by atoms with van der Waals surface area (Å²) in [6, 6.07) is 27.6. The van der Waals surface area contributed by atoms with E-state index in [4.69, 9.17) is 17.1 Å². The molecule has 0 N–H and O–H groups in total. The Morgan fingerprint density at radius 3 is 0.724 bits per heavy atom. The molecule has 0 aromatic heterocycles. The first-order valence-electron chi connectivity index (χ1n) is 31.8. The molecule has 4 nitrogen and oxygen atoms in total. The highest BCUT2D eigenvalue weighted by Gasteiger charge is 2.77. The van der Waals surface area contributed by atoms with Crippen LogP contribution in [0.1, 0.15) is 295 Å². The van der Waals surface area contributed by atoms with Gasteiger partial charge < -0.3 is 17.1 Å². The van der Waals surface area contributed by atoms with Gasteiger partial charge in [0.25, 0.3) is 0 Å². The highest BCUT2D eigenvalue weighted by Crippen LogP contribution is 2.66. The molecule has 76 heavy (non-hydrogen) atoms. The van der Waals surface area contributed by atoms with Crippen LogP contribution in [0.25, 0.3) is 0 Å². The Bertz CT molecular complexity index is 2360. The van der Waals surface area contributed by atoms with E-state index in [2.05, 4.69) is 184 Å². The Morgan fingerprint density at radius 2 is 0.526 bits per heavy atom. The molecule has 416 valence electrons. The van der Waals surface area contributed by atoms with Crippen LogP contribution < -0.4 is 10.4 Å². The molecule has 4 aliphatic carbocycles. The second kappa shape index (κ2) is 21.2. The Balaban J connectivity index is 1.49. The fourth-order valence-electron chi connectivity index (χ4n) is 18.5. The minimum atomic E-state index is -3.96. The predicted molar refractivity (Wildman–Crippen MR) is 325 cm³/mol. The van der Waals surface area contributed by atoms with Crippen LogP contribution in [0.3, 0.4) is 0 Å². The Morgan fingerprint density at radius 1 is 0.316 bits per heavy atom. The molecule has 4 aromatic carbocycles. The van der Waals surface area contributed by atoms with E-state index in [-0.39, 0.29) is 43.3 Å². The first-order valence-corrected chi connectivity index (χ1v) is 35.2. The predicted octanol–water partition coefficient (Wildman–Crippen LogP) is 18.2. The zero-order chi connectivity index (χ0) is 54.8. The fraction of sp³-hybridized carbons (Fsp3) is 0.657. The number of rotatable bonds is 24. The number of benzene rings is 4. The van der Waals surface area contributed by atoms with Crippen molar-refractivity contribution in [1.29, 1.82) is 0 Å². The molecular formula is C70H104O4Si2. The number of hydrogen-bond donors (Lipinski definition) is 0. The molecule has 0 atom stereocenters. The quantitative estimate of drug-likeness (QED) is 0.0655. The van der Waals surface area contributed by atoms with Gasteiger partial charge in [-0.3, -0.25) is 0 Å². The van der Waals surface area contributed by atoms with Crippen molar-refractivity contribution in [1.82, 2.24) is 0 Å². The average molecular weight is 1070 g/mol. The first-order chi connectivity index (χ1) is 36.6. The van der Waals surface area contributed by atoms with Crippen molar-refractivity contribution in [2.75, 3.05) is 0 Å². The zero-order valence-electron chi connectivity index (χ0n) is 51.1. The van der Waals surface area contributed by atoms with E-state index < -0.39 is 17.6 Å². The van der Waals surface area contributed by atoms with E-state index in [1.54, 1.807) is 44.5 Å². The summed E-state index contributed by atoms with van der Waals surface area (Å²) >= 11 is 0. The molecular weight excluding hydrogens is 961 g/mol. The third-order valence-corrected chi connectivity index (χ3v) is 31.9. The normalized spacial score (nSPS) is 24.9. The second-order valence-corrected chi connectivity index (χ2v) is 31.1. The summed E-state index contributed by atoms with van der Waals surface area (Å²) in [7, 11) is -7.91. The molecule has 0 radical (unpaired) electrons. The van der Waals surface area contributed by atoms with Crippen molar-refractivity contribution in [2.45, 2.75) is 296 Å².